The van der Waals surface area contributed by atoms with E-state index in [1.54, 1.807) is 0 Å². The van der Waals surface area contributed by atoms with E-state index in [4.69, 9.17) is 18.8 Å². The quantitative estimate of drug-likeness (QED) is 0.596. The first-order valence-electron chi connectivity index (χ1n) is 5.98. The van der Waals surface area contributed by atoms with Crippen LogP contribution >= 0.6 is 27.3 Å². The lowest BCUT2D eigenvalue weighted by atomic mass is 10.3. The minimum atomic E-state index is -3.99. The molecule has 0 spiro atoms. The zero-order chi connectivity index (χ0) is 14.8. The van der Waals surface area contributed by atoms with Crippen LogP contribution in [0.25, 0.3) is 0 Å². The van der Waals surface area contributed by atoms with Gasteiger partial charge in [0.05, 0.1) is 11.9 Å². The molecule has 1 aliphatic rings. The van der Waals surface area contributed by atoms with Crippen molar-refractivity contribution in [3.05, 3.63) is 9.17 Å². The molecule has 0 radical (unpaired) electrons. The van der Waals surface area contributed by atoms with Gasteiger partial charge in [0.15, 0.2) is 17.6 Å². The smallest absolute Gasteiger partial charge is 0.267 e. The molecule has 20 heavy (non-hydrogen) atoms. The van der Waals surface area contributed by atoms with E-state index in [2.05, 4.69) is 15.9 Å². The summed E-state index contributed by atoms with van der Waals surface area (Å²) in [5, 5.41) is 1.04. The van der Waals surface area contributed by atoms with Gasteiger partial charge >= 0.3 is 0 Å². The van der Waals surface area contributed by atoms with Crippen molar-refractivity contribution < 1.29 is 27.2 Å². The van der Waals surface area contributed by atoms with E-state index in [-0.39, 0.29) is 19.1 Å². The molecule has 114 valence electrons. The van der Waals surface area contributed by atoms with Crippen LogP contribution in [0.3, 0.4) is 0 Å². The molecule has 0 aromatic carbocycles. The molecule has 1 aromatic rings. The van der Waals surface area contributed by atoms with Crippen LogP contribution < -0.4 is 9.47 Å². The molecule has 2 rings (SSSR count). The van der Waals surface area contributed by atoms with Crippen LogP contribution in [0.4, 0.5) is 0 Å². The van der Waals surface area contributed by atoms with Gasteiger partial charge in [0.1, 0.15) is 10.4 Å². The molecule has 2 atom stereocenters. The zero-order valence-electron chi connectivity index (χ0n) is 10.7. The van der Waals surface area contributed by atoms with Gasteiger partial charge < -0.3 is 14.2 Å². The maximum absolute atomic E-state index is 10.8. The lowest BCUT2D eigenvalue weighted by Crippen LogP contribution is -2.33. The third kappa shape index (κ3) is 4.08. The van der Waals surface area contributed by atoms with E-state index in [1.807, 2.05) is 5.38 Å². The summed E-state index contributed by atoms with van der Waals surface area (Å²) in [4.78, 5) is 0. The summed E-state index contributed by atoms with van der Waals surface area (Å²) in [6, 6.07) is 0. The van der Waals surface area contributed by atoms with Crippen LogP contribution in [0.5, 0.6) is 11.5 Å². The Morgan fingerprint density at radius 1 is 1.65 bits per heavy atom. The highest BCUT2D eigenvalue weighted by Gasteiger charge is 2.25. The topological polar surface area (TPSA) is 82.1 Å². The molecule has 0 aliphatic carbocycles. The zero-order valence-corrected chi connectivity index (χ0v) is 14.0. The first kappa shape index (κ1) is 16.0. The molecule has 1 N–H and O–H groups in total. The molecule has 0 amide bonds. The molecule has 0 fully saturated rings. The van der Waals surface area contributed by atoms with Gasteiger partial charge in [-0.05, 0) is 29.3 Å². The summed E-state index contributed by atoms with van der Waals surface area (Å²) in [6.07, 6.45) is 0.00855. The third-order valence-electron chi connectivity index (χ3n) is 2.86. The van der Waals surface area contributed by atoms with Gasteiger partial charge in [0.25, 0.3) is 10.1 Å². The second-order valence-electron chi connectivity index (χ2n) is 4.44. The number of ether oxygens (including phenoxy) is 3. The Morgan fingerprint density at radius 3 is 3.10 bits per heavy atom. The Morgan fingerprint density at radius 2 is 2.40 bits per heavy atom. The molecular weight excluding hydrogens is 372 g/mol. The number of halogens is 1. The van der Waals surface area contributed by atoms with Crippen LogP contribution in [-0.2, 0) is 14.9 Å². The van der Waals surface area contributed by atoms with Crippen molar-refractivity contribution in [2.24, 2.45) is 0 Å². The number of fused-ring (bicyclic) bond motifs is 1. The summed E-state index contributed by atoms with van der Waals surface area (Å²) in [5.74, 6) is 1.40. The van der Waals surface area contributed by atoms with Crippen LogP contribution in [0.2, 0.25) is 0 Å². The second kappa shape index (κ2) is 6.61. The molecule has 1 aliphatic heterocycles. The molecule has 1 aromatic heterocycles. The first-order valence-corrected chi connectivity index (χ1v) is 9.16. The van der Waals surface area contributed by atoms with Crippen molar-refractivity contribution in [2.75, 3.05) is 19.8 Å². The predicted molar refractivity (Wildman–Crippen MR) is 78.4 cm³/mol. The highest BCUT2D eigenvalue weighted by molar-refractivity contribution is 9.11. The number of thiophene rings is 1. The van der Waals surface area contributed by atoms with Gasteiger partial charge in [0.2, 0.25) is 0 Å². The molecular formula is C11H15BrO6S2. The van der Waals surface area contributed by atoms with Gasteiger partial charge in [-0.1, -0.05) is 0 Å². The van der Waals surface area contributed by atoms with Gasteiger partial charge in [0, 0.05) is 12.0 Å². The van der Waals surface area contributed by atoms with Crippen molar-refractivity contribution in [1.29, 1.82) is 0 Å². The average molecular weight is 387 g/mol. The fraction of sp³-hybridized carbons (Fsp3) is 0.636. The summed E-state index contributed by atoms with van der Waals surface area (Å²) in [5.41, 5.74) is 0. The Bertz CT molecular complexity index is 555. The van der Waals surface area contributed by atoms with E-state index < -0.39 is 15.4 Å². The summed E-state index contributed by atoms with van der Waals surface area (Å²) in [6.45, 7) is 2.37. The second-order valence-corrected chi connectivity index (χ2v) is 8.48. The predicted octanol–water partition coefficient (Wildman–Crippen LogP) is 2.33. The Kier molecular flexibility index (Phi) is 5.30. The maximum Gasteiger partial charge on any atom is 0.267 e. The van der Waals surface area contributed by atoms with Gasteiger partial charge in [-0.15, -0.1) is 11.3 Å². The van der Waals surface area contributed by atoms with Crippen molar-refractivity contribution in [1.82, 2.24) is 0 Å². The number of hydrogen-bond acceptors (Lipinski definition) is 6. The van der Waals surface area contributed by atoms with Crippen molar-refractivity contribution in [2.45, 2.75) is 24.7 Å². The molecule has 9 heteroatoms. The molecule has 2 heterocycles. The van der Waals surface area contributed by atoms with E-state index in [0.717, 1.165) is 9.54 Å². The van der Waals surface area contributed by atoms with Crippen LogP contribution in [-0.4, -0.2) is 44.1 Å². The highest BCUT2D eigenvalue weighted by Crippen LogP contribution is 2.43. The summed E-state index contributed by atoms with van der Waals surface area (Å²) in [7, 11) is -3.99. The van der Waals surface area contributed by atoms with Gasteiger partial charge in [-0.2, -0.15) is 8.42 Å². The average Bonchev–Trinajstić information content (AvgIpc) is 2.75. The molecule has 0 saturated carbocycles. The lowest BCUT2D eigenvalue weighted by Gasteiger charge is -2.24. The van der Waals surface area contributed by atoms with E-state index in [0.29, 0.717) is 19.0 Å². The molecule has 6 nitrogen and oxygen atoms in total. The molecule has 0 saturated heterocycles. The standard InChI is InChI=1S/C11H15BrO6S2/c1-7(20(13,14)15)2-3-16-4-8-5-17-9-6-19-11(12)10(9)18-8/h6-8H,2-5H2,1H3,(H,13,14,15). The Labute approximate surface area is 129 Å². The Balaban J connectivity index is 1.73. The molecule has 2 unspecified atom stereocenters. The van der Waals surface area contributed by atoms with Crippen LogP contribution in [0.1, 0.15) is 13.3 Å². The van der Waals surface area contributed by atoms with E-state index in [1.165, 1.54) is 18.3 Å². The van der Waals surface area contributed by atoms with Crippen molar-refractivity contribution >= 4 is 37.4 Å². The van der Waals surface area contributed by atoms with E-state index >= 15 is 0 Å². The fourth-order valence-electron chi connectivity index (χ4n) is 1.59. The fourth-order valence-corrected chi connectivity index (χ4v) is 3.20. The molecule has 0 bridgehead atoms. The monoisotopic (exact) mass is 386 g/mol. The van der Waals surface area contributed by atoms with E-state index in [9.17, 15) is 8.42 Å². The van der Waals surface area contributed by atoms with Crippen molar-refractivity contribution in [3.8, 4) is 11.5 Å². The van der Waals surface area contributed by atoms with Gasteiger partial charge in [-0.25, -0.2) is 0 Å². The van der Waals surface area contributed by atoms with Gasteiger partial charge in [-0.3, -0.25) is 4.55 Å². The number of hydrogen-bond donors (Lipinski definition) is 1. The minimum absolute atomic E-state index is 0.227. The van der Waals surface area contributed by atoms with Crippen LogP contribution in [0.15, 0.2) is 9.17 Å². The first-order chi connectivity index (χ1) is 9.38. The number of rotatable bonds is 6. The van der Waals surface area contributed by atoms with Crippen molar-refractivity contribution in [3.63, 3.8) is 0 Å². The highest BCUT2D eigenvalue weighted by atomic mass is 79.9. The van der Waals surface area contributed by atoms with Crippen LogP contribution in [0, 0.1) is 0 Å². The lowest BCUT2D eigenvalue weighted by molar-refractivity contribution is 0.00837. The third-order valence-corrected chi connectivity index (χ3v) is 5.76. The SMILES string of the molecule is CC(CCOCC1COc2csc(Br)c2O1)S(=O)(=O)O. The summed E-state index contributed by atoms with van der Waals surface area (Å²) < 4.78 is 48.0. The Hall–Kier alpha value is -0.350. The maximum atomic E-state index is 10.8. The normalized spacial score (nSPS) is 19.9. The largest absolute Gasteiger partial charge is 0.485 e. The summed E-state index contributed by atoms with van der Waals surface area (Å²) >= 11 is 4.87. The minimum Gasteiger partial charge on any atom is -0.485 e.